The maximum Gasteiger partial charge on any atom is 0.171 e. The Morgan fingerprint density at radius 2 is 1.31 bits per heavy atom. The minimum absolute atomic E-state index is 0.232. The van der Waals surface area contributed by atoms with Crippen LogP contribution in [-0.2, 0) is 0 Å². The van der Waals surface area contributed by atoms with Crippen molar-refractivity contribution in [3.63, 3.8) is 0 Å². The summed E-state index contributed by atoms with van der Waals surface area (Å²) in [6, 6.07) is 0. The molecule has 0 atom stereocenters. The molecule has 1 aromatic rings. The zero-order chi connectivity index (χ0) is 10.2. The van der Waals surface area contributed by atoms with Crippen molar-refractivity contribution in [1.29, 1.82) is 5.41 Å². The molecule has 0 spiro atoms. The maximum absolute atomic E-state index is 12.8. The fraction of sp³-hybridized carbons (Fsp3) is 0.125. The Balaban J connectivity index is 3.66. The van der Waals surface area contributed by atoms with E-state index in [0.717, 1.165) is 6.92 Å². The van der Waals surface area contributed by atoms with Gasteiger partial charge < -0.3 is 5.41 Å². The van der Waals surface area contributed by atoms with Crippen LogP contribution in [0.5, 0.6) is 0 Å². The summed E-state index contributed by atoms with van der Waals surface area (Å²) >= 11 is 0. The highest BCUT2D eigenvalue weighted by molar-refractivity contribution is 5.78. The zero-order valence-electron chi connectivity index (χ0n) is 6.59. The lowest BCUT2D eigenvalue weighted by molar-refractivity contribution is 0.443. The summed E-state index contributed by atoms with van der Waals surface area (Å²) in [5.41, 5.74) is -1.72. The SMILES string of the molecule is Cc1c(F)c(F)c(C=N)c(F)c1F. The largest absolute Gasteiger partial charge is 0.308 e. The first-order valence-electron chi connectivity index (χ1n) is 3.33. The summed E-state index contributed by atoms with van der Waals surface area (Å²) in [6.45, 7) is 0.921. The summed E-state index contributed by atoms with van der Waals surface area (Å²) in [6.07, 6.45) is 0.232. The quantitative estimate of drug-likeness (QED) is 0.400. The van der Waals surface area contributed by atoms with Crippen molar-refractivity contribution >= 4 is 6.21 Å². The molecule has 0 fully saturated rings. The van der Waals surface area contributed by atoms with Gasteiger partial charge in [-0.15, -0.1) is 0 Å². The van der Waals surface area contributed by atoms with E-state index in [1.54, 1.807) is 0 Å². The van der Waals surface area contributed by atoms with Crippen molar-refractivity contribution in [2.75, 3.05) is 0 Å². The van der Waals surface area contributed by atoms with Gasteiger partial charge in [0, 0.05) is 11.8 Å². The normalized spacial score (nSPS) is 10.2. The number of rotatable bonds is 1. The molecule has 0 radical (unpaired) electrons. The monoisotopic (exact) mass is 191 g/mol. The van der Waals surface area contributed by atoms with E-state index >= 15 is 0 Å². The fourth-order valence-corrected chi connectivity index (χ4v) is 0.885. The molecule has 5 heteroatoms. The van der Waals surface area contributed by atoms with Crippen LogP contribution in [0, 0.1) is 35.6 Å². The molecule has 1 rings (SSSR count). The third-order valence-electron chi connectivity index (χ3n) is 1.66. The third kappa shape index (κ3) is 1.30. The second-order valence-electron chi connectivity index (χ2n) is 2.44. The highest BCUT2D eigenvalue weighted by atomic mass is 19.2. The number of benzene rings is 1. The Kier molecular flexibility index (Phi) is 2.36. The maximum atomic E-state index is 12.8. The molecule has 0 heterocycles. The molecule has 0 bridgehead atoms. The van der Waals surface area contributed by atoms with Gasteiger partial charge in [-0.2, -0.15) is 0 Å². The van der Waals surface area contributed by atoms with Gasteiger partial charge >= 0.3 is 0 Å². The molecule has 70 valence electrons. The van der Waals surface area contributed by atoms with Gasteiger partial charge in [-0.25, -0.2) is 17.6 Å². The molecule has 0 aliphatic heterocycles. The number of nitrogens with one attached hydrogen (secondary N) is 1. The summed E-state index contributed by atoms with van der Waals surface area (Å²) in [4.78, 5) is 0. The van der Waals surface area contributed by atoms with Crippen LogP contribution in [0.15, 0.2) is 0 Å². The highest BCUT2D eigenvalue weighted by Crippen LogP contribution is 2.21. The van der Waals surface area contributed by atoms with E-state index in [0.29, 0.717) is 0 Å². The molecule has 1 nitrogen and oxygen atoms in total. The fourth-order valence-electron chi connectivity index (χ4n) is 0.885. The third-order valence-corrected chi connectivity index (χ3v) is 1.66. The molecule has 0 amide bonds. The van der Waals surface area contributed by atoms with Gasteiger partial charge in [0.2, 0.25) is 0 Å². The van der Waals surface area contributed by atoms with E-state index in [1.165, 1.54) is 0 Å². The minimum Gasteiger partial charge on any atom is -0.308 e. The smallest absolute Gasteiger partial charge is 0.171 e. The number of halogens is 4. The van der Waals surface area contributed by atoms with Crippen LogP contribution in [0.4, 0.5) is 17.6 Å². The number of hydrogen-bond donors (Lipinski definition) is 1. The van der Waals surface area contributed by atoms with Crippen LogP contribution >= 0.6 is 0 Å². The average Bonchev–Trinajstić information content (AvgIpc) is 2.13. The molecule has 1 N–H and O–H groups in total. The Hall–Kier alpha value is -1.39. The molecule has 0 saturated carbocycles. The van der Waals surface area contributed by atoms with Crippen molar-refractivity contribution in [2.45, 2.75) is 6.92 Å². The summed E-state index contributed by atoms with van der Waals surface area (Å²) in [7, 11) is 0. The van der Waals surface area contributed by atoms with Gasteiger partial charge in [0.05, 0.1) is 5.56 Å². The van der Waals surface area contributed by atoms with Crippen LogP contribution in [0.2, 0.25) is 0 Å². The Labute approximate surface area is 71.5 Å². The van der Waals surface area contributed by atoms with Crippen molar-refractivity contribution in [3.05, 3.63) is 34.4 Å². The van der Waals surface area contributed by atoms with E-state index in [4.69, 9.17) is 5.41 Å². The van der Waals surface area contributed by atoms with Crippen LogP contribution in [-0.4, -0.2) is 6.21 Å². The Morgan fingerprint density at radius 1 is 0.923 bits per heavy atom. The van der Waals surface area contributed by atoms with Crippen LogP contribution in [0.3, 0.4) is 0 Å². The molecule has 0 aromatic heterocycles. The lowest BCUT2D eigenvalue weighted by Gasteiger charge is -2.04. The second kappa shape index (κ2) is 3.16. The van der Waals surface area contributed by atoms with E-state index < -0.39 is 34.4 Å². The van der Waals surface area contributed by atoms with E-state index in [9.17, 15) is 17.6 Å². The molecule has 1 aromatic carbocycles. The molecule has 0 unspecified atom stereocenters. The molecule has 13 heavy (non-hydrogen) atoms. The zero-order valence-corrected chi connectivity index (χ0v) is 6.59. The van der Waals surface area contributed by atoms with Gasteiger partial charge in [0.25, 0.3) is 0 Å². The Bertz CT molecular complexity index is 344. The summed E-state index contributed by atoms with van der Waals surface area (Å²) in [5, 5.41) is 6.55. The highest BCUT2D eigenvalue weighted by Gasteiger charge is 2.21. The second-order valence-corrected chi connectivity index (χ2v) is 2.44. The Morgan fingerprint density at radius 3 is 1.62 bits per heavy atom. The molecule has 0 aliphatic rings. The first-order valence-corrected chi connectivity index (χ1v) is 3.33. The summed E-state index contributed by atoms with van der Waals surface area (Å²) in [5.74, 6) is -5.99. The molecular formula is C8H5F4N. The van der Waals surface area contributed by atoms with Gasteiger partial charge in [0.15, 0.2) is 23.3 Å². The van der Waals surface area contributed by atoms with Crippen molar-refractivity contribution in [1.82, 2.24) is 0 Å². The van der Waals surface area contributed by atoms with E-state index in [1.807, 2.05) is 0 Å². The summed E-state index contributed by atoms with van der Waals surface area (Å²) < 4.78 is 51.0. The van der Waals surface area contributed by atoms with Crippen LogP contribution in [0.1, 0.15) is 11.1 Å². The average molecular weight is 191 g/mol. The van der Waals surface area contributed by atoms with Crippen LogP contribution < -0.4 is 0 Å². The molecular weight excluding hydrogens is 186 g/mol. The van der Waals surface area contributed by atoms with Crippen molar-refractivity contribution in [3.8, 4) is 0 Å². The lowest BCUT2D eigenvalue weighted by atomic mass is 10.1. The molecule has 0 aliphatic carbocycles. The predicted octanol–water partition coefficient (Wildman–Crippen LogP) is 2.55. The first-order chi connectivity index (χ1) is 6.00. The van der Waals surface area contributed by atoms with Gasteiger partial charge in [-0.3, -0.25) is 0 Å². The van der Waals surface area contributed by atoms with Gasteiger partial charge in [-0.05, 0) is 6.92 Å². The predicted molar refractivity (Wildman–Crippen MR) is 38.9 cm³/mol. The van der Waals surface area contributed by atoms with Crippen LogP contribution in [0.25, 0.3) is 0 Å². The minimum atomic E-state index is -1.54. The lowest BCUT2D eigenvalue weighted by Crippen LogP contribution is -2.05. The first kappa shape index (κ1) is 9.70. The van der Waals surface area contributed by atoms with E-state index in [2.05, 4.69) is 0 Å². The molecule has 0 saturated heterocycles. The standard InChI is InChI=1S/C8H5F4N/c1-3-5(9)7(11)4(2-13)8(12)6(3)10/h2,13H,1H3. The topological polar surface area (TPSA) is 23.9 Å². The van der Waals surface area contributed by atoms with Crippen molar-refractivity contribution in [2.24, 2.45) is 0 Å². The van der Waals surface area contributed by atoms with Gasteiger partial charge in [0.1, 0.15) is 0 Å². The van der Waals surface area contributed by atoms with E-state index in [-0.39, 0.29) is 6.21 Å². The number of hydrogen-bond acceptors (Lipinski definition) is 1. The van der Waals surface area contributed by atoms with Gasteiger partial charge in [-0.1, -0.05) is 0 Å². The van der Waals surface area contributed by atoms with Crippen molar-refractivity contribution < 1.29 is 17.6 Å².